The fourth-order valence-corrected chi connectivity index (χ4v) is 9.86. The molecular formula is C23H36Br2. The molecule has 25 heavy (non-hydrogen) atoms. The summed E-state index contributed by atoms with van der Waals surface area (Å²) < 4.78 is 0.105. The maximum Gasteiger partial charge on any atom is 0.0562 e. The second kappa shape index (κ2) is 6.36. The third-order valence-electron chi connectivity index (χ3n) is 9.79. The van der Waals surface area contributed by atoms with Crippen LogP contribution in [0, 0.1) is 40.4 Å². The summed E-state index contributed by atoms with van der Waals surface area (Å²) in [5, 5.41) is 0. The monoisotopic (exact) mass is 470 g/mol. The van der Waals surface area contributed by atoms with Gasteiger partial charge in [-0.2, -0.15) is 0 Å². The Labute approximate surface area is 172 Å². The van der Waals surface area contributed by atoms with E-state index in [9.17, 15) is 0 Å². The first-order valence-electron chi connectivity index (χ1n) is 10.7. The minimum atomic E-state index is 0.105. The maximum absolute atomic E-state index is 4.14. The third kappa shape index (κ3) is 2.62. The first-order chi connectivity index (χ1) is 11.8. The molecule has 0 aromatic carbocycles. The van der Waals surface area contributed by atoms with Gasteiger partial charge in [0, 0.05) is 4.83 Å². The third-order valence-corrected chi connectivity index (χ3v) is 12.7. The normalized spacial score (nSPS) is 58.1. The second-order valence-corrected chi connectivity index (χ2v) is 13.0. The molecule has 2 heteroatoms. The second-order valence-electron chi connectivity index (χ2n) is 10.4. The van der Waals surface area contributed by atoms with Gasteiger partial charge < -0.3 is 0 Å². The van der Waals surface area contributed by atoms with Gasteiger partial charge in [0.2, 0.25) is 0 Å². The predicted octanol–water partition coefficient (Wildman–Crippen LogP) is 7.75. The first-order valence-corrected chi connectivity index (χ1v) is 12.5. The number of alkyl halides is 2. The van der Waals surface area contributed by atoms with Crippen molar-refractivity contribution in [2.24, 2.45) is 40.4 Å². The van der Waals surface area contributed by atoms with E-state index in [1.807, 2.05) is 0 Å². The lowest BCUT2D eigenvalue weighted by Gasteiger charge is -2.63. The van der Waals surface area contributed by atoms with Crippen LogP contribution in [0.15, 0.2) is 12.7 Å². The summed E-state index contributed by atoms with van der Waals surface area (Å²) in [4.78, 5) is 0.526. The molecule has 0 amide bonds. The van der Waals surface area contributed by atoms with Gasteiger partial charge in [0.15, 0.2) is 0 Å². The van der Waals surface area contributed by atoms with Crippen molar-refractivity contribution in [3.63, 3.8) is 0 Å². The molecule has 0 spiro atoms. The van der Waals surface area contributed by atoms with Crippen LogP contribution in [-0.4, -0.2) is 9.15 Å². The molecule has 4 aliphatic carbocycles. The molecule has 4 saturated carbocycles. The molecule has 4 fully saturated rings. The molecule has 4 rings (SSSR count). The Balaban J connectivity index is 1.62. The van der Waals surface area contributed by atoms with Crippen molar-refractivity contribution in [1.82, 2.24) is 0 Å². The van der Waals surface area contributed by atoms with Crippen LogP contribution in [0.2, 0.25) is 0 Å². The van der Waals surface area contributed by atoms with Gasteiger partial charge in [0.25, 0.3) is 0 Å². The number of hydrogen-bond donors (Lipinski definition) is 0. The van der Waals surface area contributed by atoms with Crippen LogP contribution in [-0.2, 0) is 0 Å². The molecule has 0 saturated heterocycles. The molecule has 0 aliphatic heterocycles. The van der Waals surface area contributed by atoms with Gasteiger partial charge in [-0.05, 0) is 91.8 Å². The Bertz CT molecular complexity index is 544. The van der Waals surface area contributed by atoms with Crippen molar-refractivity contribution in [2.45, 2.75) is 87.7 Å². The van der Waals surface area contributed by atoms with E-state index in [1.165, 1.54) is 57.8 Å². The van der Waals surface area contributed by atoms with E-state index >= 15 is 0 Å². The van der Waals surface area contributed by atoms with E-state index in [0.717, 1.165) is 29.6 Å². The topological polar surface area (TPSA) is 0 Å². The summed E-state index contributed by atoms with van der Waals surface area (Å²) >= 11 is 8.09. The lowest BCUT2D eigenvalue weighted by molar-refractivity contribution is -0.111. The van der Waals surface area contributed by atoms with Gasteiger partial charge in [-0.3, -0.25) is 0 Å². The van der Waals surface area contributed by atoms with Crippen LogP contribution in [0.3, 0.4) is 0 Å². The number of hydrogen-bond acceptors (Lipinski definition) is 0. The summed E-state index contributed by atoms with van der Waals surface area (Å²) in [6, 6.07) is 0. The van der Waals surface area contributed by atoms with E-state index < -0.39 is 0 Å². The van der Waals surface area contributed by atoms with Crippen LogP contribution < -0.4 is 0 Å². The average molecular weight is 472 g/mol. The Kier molecular flexibility index (Phi) is 4.84. The highest BCUT2D eigenvalue weighted by Crippen LogP contribution is 2.69. The van der Waals surface area contributed by atoms with Crippen molar-refractivity contribution in [2.75, 3.05) is 0 Å². The Morgan fingerprint density at radius 2 is 1.72 bits per heavy atom. The van der Waals surface area contributed by atoms with Gasteiger partial charge in [-0.15, -0.1) is 6.58 Å². The number of rotatable bonds is 2. The lowest BCUT2D eigenvalue weighted by atomic mass is 9.44. The molecule has 0 N–H and O–H groups in total. The van der Waals surface area contributed by atoms with Gasteiger partial charge in [-0.1, -0.05) is 65.1 Å². The van der Waals surface area contributed by atoms with Crippen molar-refractivity contribution < 1.29 is 0 Å². The molecule has 0 heterocycles. The molecule has 0 radical (unpaired) electrons. The maximum atomic E-state index is 4.14. The largest absolute Gasteiger partial charge is 0.102 e. The molecular weight excluding hydrogens is 436 g/mol. The van der Waals surface area contributed by atoms with Gasteiger partial charge in [-0.25, -0.2) is 0 Å². The highest BCUT2D eigenvalue weighted by molar-refractivity contribution is 9.12. The molecule has 0 bridgehead atoms. The fraction of sp³-hybridized carbons (Fsp3) is 0.913. The summed E-state index contributed by atoms with van der Waals surface area (Å²) in [6.07, 6.45) is 15.1. The summed E-state index contributed by atoms with van der Waals surface area (Å²) in [7, 11) is 0. The fourth-order valence-electron chi connectivity index (χ4n) is 8.24. The quantitative estimate of drug-likeness (QED) is 0.285. The van der Waals surface area contributed by atoms with Crippen LogP contribution in [0.5, 0.6) is 0 Å². The smallest absolute Gasteiger partial charge is 0.0562 e. The summed E-state index contributed by atoms with van der Waals surface area (Å²) in [5.41, 5.74) is 1.19. The molecule has 0 nitrogen and oxygen atoms in total. The standard InChI is InChI=1S/C23H36Br2/c1-5-15-8-10-18-17-9-7-16-13-23(25,6-2)20(24)14-22(16,4)19(17)11-12-21(15,18)3/h6,15-20H,2,5,7-14H2,1,3-4H3/t15-,16?,17-,18-,19-,20?,21+,22-,23?/m0/s1. The molecule has 9 atom stereocenters. The average Bonchev–Trinajstić information content (AvgIpc) is 2.93. The minimum absolute atomic E-state index is 0.105. The lowest BCUT2D eigenvalue weighted by Crippen LogP contribution is -2.57. The zero-order valence-electron chi connectivity index (χ0n) is 16.4. The first kappa shape index (κ1) is 19.0. The van der Waals surface area contributed by atoms with Crippen LogP contribution in [0.4, 0.5) is 0 Å². The summed E-state index contributed by atoms with van der Waals surface area (Å²) in [6.45, 7) is 11.9. The number of fused-ring (bicyclic) bond motifs is 5. The van der Waals surface area contributed by atoms with Gasteiger partial charge >= 0.3 is 0 Å². The van der Waals surface area contributed by atoms with Crippen LogP contribution in [0.25, 0.3) is 0 Å². The Morgan fingerprint density at radius 3 is 2.40 bits per heavy atom. The minimum Gasteiger partial charge on any atom is -0.102 e. The molecule has 3 unspecified atom stereocenters. The van der Waals surface area contributed by atoms with Crippen molar-refractivity contribution in [3.8, 4) is 0 Å². The molecule has 142 valence electrons. The summed E-state index contributed by atoms with van der Waals surface area (Å²) in [5.74, 6) is 4.84. The van der Waals surface area contributed by atoms with E-state index in [0.29, 0.717) is 15.7 Å². The number of allylic oxidation sites excluding steroid dienone is 1. The van der Waals surface area contributed by atoms with Crippen molar-refractivity contribution in [1.29, 1.82) is 0 Å². The highest BCUT2D eigenvalue weighted by atomic mass is 79.9. The van der Waals surface area contributed by atoms with E-state index in [4.69, 9.17) is 0 Å². The Morgan fingerprint density at radius 1 is 1.00 bits per heavy atom. The van der Waals surface area contributed by atoms with Crippen molar-refractivity contribution in [3.05, 3.63) is 12.7 Å². The van der Waals surface area contributed by atoms with Crippen LogP contribution >= 0.6 is 31.9 Å². The van der Waals surface area contributed by atoms with E-state index in [-0.39, 0.29) is 4.32 Å². The highest BCUT2D eigenvalue weighted by Gasteiger charge is 2.61. The van der Waals surface area contributed by atoms with Crippen LogP contribution in [0.1, 0.15) is 78.6 Å². The number of halogens is 2. The van der Waals surface area contributed by atoms with Gasteiger partial charge in [0.1, 0.15) is 0 Å². The van der Waals surface area contributed by atoms with Gasteiger partial charge in [0.05, 0.1) is 4.32 Å². The molecule has 4 aliphatic rings. The zero-order valence-corrected chi connectivity index (χ0v) is 19.5. The predicted molar refractivity (Wildman–Crippen MR) is 115 cm³/mol. The zero-order chi connectivity index (χ0) is 18.0. The Hall–Kier alpha value is 0.700. The van der Waals surface area contributed by atoms with E-state index in [1.54, 1.807) is 0 Å². The van der Waals surface area contributed by atoms with Crippen molar-refractivity contribution >= 4 is 31.9 Å². The van der Waals surface area contributed by atoms with E-state index in [2.05, 4.69) is 65.3 Å². The SMILES string of the molecule is C=CC1(Br)CC2CC[C@H]3[C@@H]4CC[C@H](CC)[C@@]4(C)CC[C@@H]3[C@@]2(C)CC1Br. The molecule has 0 aromatic rings. The molecule has 0 aromatic heterocycles.